The van der Waals surface area contributed by atoms with E-state index in [2.05, 4.69) is 0 Å². The third-order valence-electron chi connectivity index (χ3n) is 1.84. The second-order valence-electron chi connectivity index (χ2n) is 3.55. The van der Waals surface area contributed by atoms with Crippen LogP contribution in [0, 0.1) is 0 Å². The first kappa shape index (κ1) is 17.4. The van der Waals surface area contributed by atoms with Gasteiger partial charge in [0.15, 0.2) is 8.22 Å². The molecule has 0 amide bonds. The molecule has 0 bridgehead atoms. The maximum atomic E-state index is 11.3. The van der Waals surface area contributed by atoms with Gasteiger partial charge in [0.1, 0.15) is 6.42 Å². The third-order valence-corrected chi connectivity index (χ3v) is 3.59. The van der Waals surface area contributed by atoms with Gasteiger partial charge in [-0.3, -0.25) is 9.59 Å². The molecule has 2 unspecified atom stereocenters. The molecule has 0 spiro atoms. The molecule has 0 rings (SSSR count). The summed E-state index contributed by atoms with van der Waals surface area (Å²) in [6.07, 6.45) is 3.18. The number of carbonyl (C=O) groups excluding carboxylic acids is 2. The number of hydrogen-bond donors (Lipinski definition) is 0. The Kier molecular flexibility index (Phi) is 10.6. The molecule has 2 atom stereocenters. The molecular weight excluding hydrogens is 450 g/mol. The molecule has 0 radical (unpaired) electrons. The van der Waals surface area contributed by atoms with E-state index in [9.17, 15) is 9.59 Å². The fraction of sp³-hybridized carbons (Fsp3) is 0.818. The van der Waals surface area contributed by atoms with Crippen molar-refractivity contribution in [1.82, 2.24) is 0 Å². The first-order valence-corrected chi connectivity index (χ1v) is 8.15. The van der Waals surface area contributed by atoms with Crippen LogP contribution in [-0.2, 0) is 19.1 Å². The molecule has 0 aromatic rings. The van der Waals surface area contributed by atoms with E-state index in [1.165, 1.54) is 0 Å². The molecule has 6 heteroatoms. The predicted octanol–water partition coefficient (Wildman–Crippen LogP) is 3.59. The predicted molar refractivity (Wildman–Crippen MR) is 82.2 cm³/mol. The minimum atomic E-state index is -0.511. The Balaban J connectivity index is 3.83. The number of esters is 2. The fourth-order valence-corrected chi connectivity index (χ4v) is 2.87. The van der Waals surface area contributed by atoms with Crippen molar-refractivity contribution >= 4 is 57.1 Å². The molecule has 0 aliphatic rings. The van der Waals surface area contributed by atoms with Gasteiger partial charge < -0.3 is 9.47 Å². The maximum absolute atomic E-state index is 11.3. The molecule has 0 aromatic heterocycles. The van der Waals surface area contributed by atoms with Crippen molar-refractivity contribution in [3.63, 3.8) is 0 Å². The summed E-state index contributed by atoms with van der Waals surface area (Å²) in [5, 5.41) is 0. The zero-order valence-electron chi connectivity index (χ0n) is 10.1. The SMILES string of the molecule is CCCC(I)OC(=O)CC(=O)OC(I)CCC. The molecular formula is C11H18I2O4. The van der Waals surface area contributed by atoms with Gasteiger partial charge in [-0.25, -0.2) is 0 Å². The second-order valence-corrected chi connectivity index (χ2v) is 6.33. The monoisotopic (exact) mass is 468 g/mol. The first-order chi connectivity index (χ1) is 7.99. The van der Waals surface area contributed by atoms with Crippen LogP contribution in [0.15, 0.2) is 0 Å². The zero-order valence-corrected chi connectivity index (χ0v) is 14.4. The van der Waals surface area contributed by atoms with Gasteiger partial charge in [-0.05, 0) is 58.0 Å². The largest absolute Gasteiger partial charge is 0.451 e. The summed E-state index contributed by atoms with van der Waals surface area (Å²) in [6, 6.07) is 0. The molecule has 0 saturated carbocycles. The minimum absolute atomic E-state index is 0.163. The van der Waals surface area contributed by atoms with Crippen LogP contribution < -0.4 is 0 Å². The van der Waals surface area contributed by atoms with Gasteiger partial charge in [0.25, 0.3) is 0 Å². The highest BCUT2D eigenvalue weighted by molar-refractivity contribution is 14.1. The van der Waals surface area contributed by atoms with Crippen molar-refractivity contribution in [2.75, 3.05) is 0 Å². The number of rotatable bonds is 8. The highest BCUT2D eigenvalue weighted by Crippen LogP contribution is 2.13. The molecule has 17 heavy (non-hydrogen) atoms. The van der Waals surface area contributed by atoms with E-state index in [0.29, 0.717) is 0 Å². The van der Waals surface area contributed by atoms with Gasteiger partial charge >= 0.3 is 11.9 Å². The van der Waals surface area contributed by atoms with Crippen molar-refractivity contribution in [2.24, 2.45) is 0 Å². The smallest absolute Gasteiger partial charge is 0.318 e. The van der Waals surface area contributed by atoms with Gasteiger partial charge in [-0.1, -0.05) is 26.7 Å². The Labute approximate surface area is 129 Å². The van der Waals surface area contributed by atoms with Gasteiger partial charge in [0.05, 0.1) is 0 Å². The molecule has 0 saturated heterocycles. The minimum Gasteiger partial charge on any atom is -0.451 e. The van der Waals surface area contributed by atoms with Crippen molar-refractivity contribution in [1.29, 1.82) is 0 Å². The Hall–Kier alpha value is 0.400. The second kappa shape index (κ2) is 10.3. The molecule has 0 aromatic carbocycles. The molecule has 4 nitrogen and oxygen atoms in total. The summed E-state index contributed by atoms with van der Waals surface area (Å²) < 4.78 is 9.77. The van der Waals surface area contributed by atoms with Gasteiger partial charge in [-0.2, -0.15) is 0 Å². The van der Waals surface area contributed by atoms with Crippen LogP contribution in [0.25, 0.3) is 0 Å². The van der Waals surface area contributed by atoms with Crippen molar-refractivity contribution in [3.8, 4) is 0 Å². The Morgan fingerprint density at radius 1 is 0.941 bits per heavy atom. The van der Waals surface area contributed by atoms with Crippen LogP contribution >= 0.6 is 45.2 Å². The Morgan fingerprint density at radius 3 is 1.59 bits per heavy atom. The van der Waals surface area contributed by atoms with Gasteiger partial charge in [-0.15, -0.1) is 0 Å². The zero-order chi connectivity index (χ0) is 13.3. The van der Waals surface area contributed by atoms with Crippen LogP contribution in [0.2, 0.25) is 0 Å². The Morgan fingerprint density at radius 2 is 1.29 bits per heavy atom. The topological polar surface area (TPSA) is 52.6 Å². The van der Waals surface area contributed by atoms with Crippen LogP contribution in [0.4, 0.5) is 0 Å². The standard InChI is InChI=1S/C11H18I2O4/c1-3-5-8(12)16-10(14)7-11(15)17-9(13)6-4-2/h8-9H,3-7H2,1-2H3. The highest BCUT2D eigenvalue weighted by atomic mass is 127. The van der Waals surface area contributed by atoms with E-state index < -0.39 is 11.9 Å². The lowest BCUT2D eigenvalue weighted by Crippen LogP contribution is -2.19. The van der Waals surface area contributed by atoms with E-state index in [1.54, 1.807) is 0 Å². The van der Waals surface area contributed by atoms with Crippen LogP contribution in [0.3, 0.4) is 0 Å². The fourth-order valence-electron chi connectivity index (χ4n) is 1.06. The van der Waals surface area contributed by atoms with Crippen LogP contribution in [0.1, 0.15) is 46.0 Å². The van der Waals surface area contributed by atoms with E-state index >= 15 is 0 Å². The highest BCUT2D eigenvalue weighted by Gasteiger charge is 2.17. The average molecular weight is 468 g/mol. The van der Waals surface area contributed by atoms with Gasteiger partial charge in [0.2, 0.25) is 0 Å². The number of carbonyl (C=O) groups is 2. The van der Waals surface area contributed by atoms with Crippen molar-refractivity contribution in [3.05, 3.63) is 0 Å². The molecule has 0 fully saturated rings. The van der Waals surface area contributed by atoms with Crippen LogP contribution in [-0.4, -0.2) is 20.2 Å². The first-order valence-electron chi connectivity index (χ1n) is 5.66. The average Bonchev–Trinajstić information content (AvgIpc) is 2.16. The van der Waals surface area contributed by atoms with Crippen molar-refractivity contribution in [2.45, 2.75) is 54.2 Å². The lowest BCUT2D eigenvalue weighted by Gasteiger charge is -2.12. The summed E-state index contributed by atoms with van der Waals surface area (Å²) >= 11 is 4.09. The van der Waals surface area contributed by atoms with E-state index in [4.69, 9.17) is 9.47 Å². The maximum Gasteiger partial charge on any atom is 0.318 e. The van der Waals surface area contributed by atoms with Gasteiger partial charge in [0, 0.05) is 0 Å². The number of halogens is 2. The Bertz CT molecular complexity index is 222. The molecule has 0 N–H and O–H groups in total. The van der Waals surface area contributed by atoms with Crippen LogP contribution in [0.5, 0.6) is 0 Å². The summed E-state index contributed by atoms with van der Waals surface area (Å²) in [4.78, 5) is 22.7. The molecule has 0 aliphatic carbocycles. The van der Waals surface area contributed by atoms with Crippen molar-refractivity contribution < 1.29 is 19.1 Å². The summed E-state index contributed by atoms with van der Waals surface area (Å²) in [6.45, 7) is 4.03. The molecule has 0 heterocycles. The summed E-state index contributed by atoms with van der Waals surface area (Å²) in [5.74, 6) is -1.02. The number of alkyl halides is 2. The van der Waals surface area contributed by atoms with E-state index in [-0.39, 0.29) is 14.6 Å². The van der Waals surface area contributed by atoms with E-state index in [1.807, 2.05) is 59.0 Å². The lowest BCUT2D eigenvalue weighted by atomic mass is 10.3. The molecule has 100 valence electrons. The number of ether oxygens (including phenoxy) is 2. The lowest BCUT2D eigenvalue weighted by molar-refractivity contribution is -0.155. The van der Waals surface area contributed by atoms with E-state index in [0.717, 1.165) is 25.7 Å². The molecule has 0 aliphatic heterocycles. The quantitative estimate of drug-likeness (QED) is 0.237. The third kappa shape index (κ3) is 10.0. The summed E-state index contributed by atoms with van der Waals surface area (Å²) in [7, 11) is 0. The number of hydrogen-bond acceptors (Lipinski definition) is 4. The normalized spacial score (nSPS) is 13.9. The summed E-state index contributed by atoms with van der Waals surface area (Å²) in [5.41, 5.74) is 0.